The molecule has 0 N–H and O–H groups in total. The SMILES string of the molecule is C[As](c1ccccc1)c1ccccc1.C[As](c1ccccc1)c1ccccc1.O=[C](Cl)[Rh]([C](=O)Cl)[C](=O)Cl. The van der Waals surface area contributed by atoms with Crippen LogP contribution in [0.1, 0.15) is 0 Å². The zero-order chi connectivity index (χ0) is 27.9. The first-order valence-electron chi connectivity index (χ1n) is 11.1. The Labute approximate surface area is 253 Å². The minimum absolute atomic E-state index is 0.989. The molecule has 0 unspecified atom stereocenters. The monoisotopic (exact) mass is 780 g/mol. The first-order valence-corrected chi connectivity index (χ1v) is 22.2. The predicted molar refractivity (Wildman–Crippen MR) is 161 cm³/mol. The molecule has 0 atom stereocenters. The molecule has 0 saturated carbocycles. The fourth-order valence-electron chi connectivity index (χ4n) is 3.06. The van der Waals surface area contributed by atoms with E-state index in [0.29, 0.717) is 0 Å². The van der Waals surface area contributed by atoms with Crippen molar-refractivity contribution in [2.45, 2.75) is 11.4 Å². The van der Waals surface area contributed by atoms with Gasteiger partial charge in [0.1, 0.15) is 0 Å². The molecule has 200 valence electrons. The van der Waals surface area contributed by atoms with E-state index < -0.39 is 56.8 Å². The van der Waals surface area contributed by atoms with Gasteiger partial charge >= 0.3 is 256 Å². The molecule has 0 aromatic heterocycles. The maximum atomic E-state index is 10.2. The summed E-state index contributed by atoms with van der Waals surface area (Å²) in [5.41, 5.74) is 4.77. The van der Waals surface area contributed by atoms with Gasteiger partial charge in [-0.25, -0.2) is 0 Å². The van der Waals surface area contributed by atoms with Gasteiger partial charge in [-0.1, -0.05) is 0 Å². The van der Waals surface area contributed by atoms with Gasteiger partial charge in [-0.05, 0) is 0 Å². The van der Waals surface area contributed by atoms with Gasteiger partial charge in [0.2, 0.25) is 0 Å². The molecule has 4 aromatic carbocycles. The molecule has 0 amide bonds. The molecule has 4 aromatic rings. The average molecular weight is 782 g/mol. The molecule has 0 fully saturated rings. The molecule has 9 heteroatoms. The van der Waals surface area contributed by atoms with Crippen LogP contribution in [0.3, 0.4) is 0 Å². The molecule has 0 saturated heterocycles. The summed E-state index contributed by atoms with van der Waals surface area (Å²) in [6.07, 6.45) is 0. The van der Waals surface area contributed by atoms with Crippen molar-refractivity contribution in [1.82, 2.24) is 0 Å². The van der Waals surface area contributed by atoms with Crippen LogP contribution in [-0.2, 0) is 16.0 Å². The zero-order valence-electron chi connectivity index (χ0n) is 20.6. The number of carbonyl (C=O) groups excluding carboxylic acids is 3. The number of hydrogen-bond acceptors (Lipinski definition) is 3. The minimum atomic E-state index is -2.99. The van der Waals surface area contributed by atoms with E-state index in [1.165, 1.54) is 17.4 Å². The van der Waals surface area contributed by atoms with E-state index in [0.717, 1.165) is 0 Å². The van der Waals surface area contributed by atoms with Crippen LogP contribution in [0.25, 0.3) is 0 Å². The summed E-state index contributed by atoms with van der Waals surface area (Å²) in [4.78, 5) is 30.7. The van der Waals surface area contributed by atoms with Crippen molar-refractivity contribution in [2.75, 3.05) is 0 Å². The van der Waals surface area contributed by atoms with E-state index in [2.05, 4.69) is 133 Å². The molecular formula is C29H26As2Cl3O3Rh. The molecule has 0 heterocycles. The Morgan fingerprint density at radius 1 is 0.447 bits per heavy atom. The first-order chi connectivity index (χ1) is 18.2. The van der Waals surface area contributed by atoms with Crippen molar-refractivity contribution in [3.8, 4) is 0 Å². The number of carbonyl (C=O) groups is 3. The van der Waals surface area contributed by atoms with Crippen molar-refractivity contribution in [3.63, 3.8) is 0 Å². The average Bonchev–Trinajstić information content (AvgIpc) is 2.94. The number of halogens is 3. The van der Waals surface area contributed by atoms with Crippen molar-refractivity contribution in [1.29, 1.82) is 0 Å². The zero-order valence-corrected chi connectivity index (χ0v) is 28.3. The fraction of sp³-hybridized carbons (Fsp3) is 0.0690. The van der Waals surface area contributed by atoms with Crippen LogP contribution in [0, 0.1) is 0 Å². The topological polar surface area (TPSA) is 51.2 Å². The van der Waals surface area contributed by atoms with Crippen molar-refractivity contribution < 1.29 is 30.3 Å². The van der Waals surface area contributed by atoms with Gasteiger partial charge < -0.3 is 0 Å². The van der Waals surface area contributed by atoms with Crippen LogP contribution in [0.4, 0.5) is 14.4 Å². The van der Waals surface area contributed by atoms with E-state index in [1.54, 1.807) is 0 Å². The third-order valence-electron chi connectivity index (χ3n) is 4.97. The molecular weight excluding hydrogens is 755 g/mol. The van der Waals surface area contributed by atoms with Crippen LogP contribution in [0.5, 0.6) is 0 Å². The number of rotatable bonds is 7. The summed E-state index contributed by atoms with van der Waals surface area (Å²) < 4.78 is 2.97. The standard InChI is InChI=1S/2C13H13As.3CClO.Rh/c2*1-14(12-8-4-2-5-9-12)13-10-6-3-7-11-13;3*2-1-3;/h2*2-11H,1H3;;;;. The first kappa shape index (κ1) is 32.7. The maximum absolute atomic E-state index is 10.2. The van der Waals surface area contributed by atoms with E-state index in [4.69, 9.17) is 34.8 Å². The molecule has 0 aliphatic heterocycles. The van der Waals surface area contributed by atoms with Crippen molar-refractivity contribution in [3.05, 3.63) is 121 Å². The summed E-state index contributed by atoms with van der Waals surface area (Å²) in [6, 6.07) is 43.3. The molecule has 0 aliphatic rings. The summed E-state index contributed by atoms with van der Waals surface area (Å²) in [5.74, 6) is 0. The predicted octanol–water partition coefficient (Wildman–Crippen LogP) is 6.53. The quantitative estimate of drug-likeness (QED) is 0.159. The van der Waals surface area contributed by atoms with Crippen LogP contribution in [-0.4, -0.2) is 40.8 Å². The van der Waals surface area contributed by atoms with Gasteiger partial charge in [0.05, 0.1) is 0 Å². The van der Waals surface area contributed by atoms with Gasteiger partial charge in [0.15, 0.2) is 0 Å². The molecule has 0 aliphatic carbocycles. The van der Waals surface area contributed by atoms with Crippen LogP contribution in [0.2, 0.25) is 11.4 Å². The van der Waals surface area contributed by atoms with E-state index in [-0.39, 0.29) is 0 Å². The molecule has 0 spiro atoms. The Kier molecular flexibility index (Phi) is 15.5. The summed E-state index contributed by atoms with van der Waals surface area (Å²) in [5, 5.41) is 0. The third kappa shape index (κ3) is 11.3. The van der Waals surface area contributed by atoms with Gasteiger partial charge in [0, 0.05) is 0 Å². The van der Waals surface area contributed by atoms with Gasteiger partial charge in [0.25, 0.3) is 0 Å². The Morgan fingerprint density at radius 3 is 0.763 bits per heavy atom. The Bertz CT molecular complexity index is 1090. The second kappa shape index (κ2) is 18.0. The summed E-state index contributed by atoms with van der Waals surface area (Å²) in [6.45, 7) is 0. The normalized spacial score (nSPS) is 10.4. The van der Waals surface area contributed by atoms with Gasteiger partial charge in [-0.3, -0.25) is 0 Å². The number of benzene rings is 4. The molecule has 38 heavy (non-hydrogen) atoms. The Balaban J connectivity index is 0.000000204. The van der Waals surface area contributed by atoms with E-state index in [1.807, 2.05) is 0 Å². The number of hydrogen-bond donors (Lipinski definition) is 0. The van der Waals surface area contributed by atoms with Crippen LogP contribution < -0.4 is 17.4 Å². The van der Waals surface area contributed by atoms with Crippen molar-refractivity contribution in [2.24, 2.45) is 0 Å². The second-order valence-corrected chi connectivity index (χ2v) is 22.2. The summed E-state index contributed by atoms with van der Waals surface area (Å²) in [7, 11) is 0. The molecule has 0 bridgehead atoms. The molecule has 3 nitrogen and oxygen atoms in total. The van der Waals surface area contributed by atoms with Crippen LogP contribution >= 0.6 is 34.8 Å². The van der Waals surface area contributed by atoms with Crippen LogP contribution in [0.15, 0.2) is 121 Å². The van der Waals surface area contributed by atoms with Gasteiger partial charge in [-0.2, -0.15) is 0 Å². The van der Waals surface area contributed by atoms with Crippen molar-refractivity contribution >= 4 is 93.0 Å². The van der Waals surface area contributed by atoms with Gasteiger partial charge in [-0.15, -0.1) is 0 Å². The second-order valence-electron chi connectivity index (χ2n) is 7.33. The molecule has 0 radical (unpaired) electrons. The van der Waals surface area contributed by atoms with E-state index in [9.17, 15) is 14.4 Å². The van der Waals surface area contributed by atoms with E-state index >= 15 is 0 Å². The Morgan fingerprint density at radius 2 is 0.632 bits per heavy atom. The fourth-order valence-corrected chi connectivity index (χ4v) is 12.9. The summed E-state index contributed by atoms with van der Waals surface area (Å²) >= 11 is 9.56. The molecule has 4 rings (SSSR count). The Hall–Kier alpha value is -1.50. The third-order valence-corrected chi connectivity index (χ3v) is 18.1.